The van der Waals surface area contributed by atoms with Gasteiger partial charge < -0.3 is 5.32 Å². The fourth-order valence-corrected chi connectivity index (χ4v) is 6.00. The maximum atomic E-state index is 13.5. The average Bonchev–Trinajstić information content (AvgIpc) is 3.37. The molecular formula is C26H27ClN2O. The van der Waals surface area contributed by atoms with E-state index < -0.39 is 0 Å². The second-order valence-corrected chi connectivity index (χ2v) is 9.53. The van der Waals surface area contributed by atoms with E-state index in [1.807, 2.05) is 55.5 Å². The molecule has 0 spiro atoms. The number of amides is 1. The van der Waals surface area contributed by atoms with Gasteiger partial charge in [0.05, 0.1) is 16.8 Å². The third kappa shape index (κ3) is 3.39. The normalized spacial score (nSPS) is 23.6. The monoisotopic (exact) mass is 418 g/mol. The summed E-state index contributed by atoms with van der Waals surface area (Å²) in [6, 6.07) is 15.8. The van der Waals surface area contributed by atoms with Crippen LogP contribution < -0.4 is 5.32 Å². The zero-order valence-electron chi connectivity index (χ0n) is 17.5. The molecule has 4 heteroatoms. The molecule has 0 unspecified atom stereocenters. The Kier molecular flexibility index (Phi) is 5.02. The number of hydrogen-bond acceptors (Lipinski definition) is 2. The number of nitrogens with zero attached hydrogens (tertiary/aromatic N) is 1. The third-order valence-corrected chi connectivity index (χ3v) is 7.49. The van der Waals surface area contributed by atoms with Gasteiger partial charge in [-0.25, -0.2) is 4.98 Å². The number of hydrogen-bond donors (Lipinski definition) is 1. The van der Waals surface area contributed by atoms with Crippen molar-refractivity contribution in [2.45, 2.75) is 45.6 Å². The lowest BCUT2D eigenvalue weighted by molar-refractivity contribution is 0.0916. The first-order valence-corrected chi connectivity index (χ1v) is 11.3. The van der Waals surface area contributed by atoms with E-state index in [1.54, 1.807) is 0 Å². The molecule has 2 bridgehead atoms. The smallest absolute Gasteiger partial charge is 0.252 e. The summed E-state index contributed by atoms with van der Waals surface area (Å²) in [6.45, 7) is 4.17. The van der Waals surface area contributed by atoms with Crippen molar-refractivity contribution in [1.82, 2.24) is 10.3 Å². The van der Waals surface area contributed by atoms with Gasteiger partial charge in [0.2, 0.25) is 0 Å². The molecule has 1 heterocycles. The summed E-state index contributed by atoms with van der Waals surface area (Å²) in [5.74, 6) is 2.26. The van der Waals surface area contributed by atoms with Gasteiger partial charge in [-0.2, -0.15) is 0 Å². The van der Waals surface area contributed by atoms with Gasteiger partial charge in [-0.15, -0.1) is 0 Å². The molecule has 4 atom stereocenters. The first kappa shape index (κ1) is 19.6. The summed E-state index contributed by atoms with van der Waals surface area (Å²) in [7, 11) is 0. The Bertz CT molecular complexity index is 1130. The fraction of sp³-hybridized carbons (Fsp3) is 0.385. The van der Waals surface area contributed by atoms with E-state index in [0.717, 1.165) is 45.1 Å². The van der Waals surface area contributed by atoms with E-state index in [2.05, 4.69) is 12.2 Å². The van der Waals surface area contributed by atoms with E-state index in [-0.39, 0.29) is 11.9 Å². The molecule has 1 amide bonds. The van der Waals surface area contributed by atoms with E-state index in [4.69, 9.17) is 16.6 Å². The molecule has 3 nitrogen and oxygen atoms in total. The highest BCUT2D eigenvalue weighted by atomic mass is 35.5. The Hall–Kier alpha value is -2.39. The lowest BCUT2D eigenvalue weighted by Crippen LogP contribution is -2.40. The van der Waals surface area contributed by atoms with Gasteiger partial charge in [-0.1, -0.05) is 48.4 Å². The highest BCUT2D eigenvalue weighted by molar-refractivity contribution is 6.30. The number of nitrogens with one attached hydrogen (secondary N) is 1. The topological polar surface area (TPSA) is 42.0 Å². The van der Waals surface area contributed by atoms with E-state index in [0.29, 0.717) is 10.9 Å². The van der Waals surface area contributed by atoms with Crippen molar-refractivity contribution in [2.75, 3.05) is 0 Å². The van der Waals surface area contributed by atoms with Crippen LogP contribution in [0, 0.1) is 24.7 Å². The van der Waals surface area contributed by atoms with Crippen LogP contribution in [-0.4, -0.2) is 16.9 Å². The van der Waals surface area contributed by atoms with Gasteiger partial charge in [0.1, 0.15) is 0 Å². The number of aromatic nitrogens is 1. The molecule has 2 aliphatic carbocycles. The second-order valence-electron chi connectivity index (χ2n) is 9.09. The lowest BCUT2D eigenvalue weighted by Gasteiger charge is -2.29. The molecule has 30 heavy (non-hydrogen) atoms. The second kappa shape index (κ2) is 7.70. The minimum atomic E-state index is 0.00431. The molecule has 0 aliphatic heterocycles. The van der Waals surface area contributed by atoms with Crippen LogP contribution in [0.25, 0.3) is 22.2 Å². The minimum Gasteiger partial charge on any atom is -0.349 e. The van der Waals surface area contributed by atoms with Crippen LogP contribution in [0.2, 0.25) is 5.02 Å². The Morgan fingerprint density at radius 1 is 1.13 bits per heavy atom. The zero-order chi connectivity index (χ0) is 20.8. The van der Waals surface area contributed by atoms with E-state index in [1.165, 1.54) is 25.7 Å². The maximum Gasteiger partial charge on any atom is 0.252 e. The Morgan fingerprint density at radius 3 is 2.70 bits per heavy atom. The number of fused-ring (bicyclic) bond motifs is 3. The van der Waals surface area contributed by atoms with Crippen molar-refractivity contribution >= 4 is 28.4 Å². The van der Waals surface area contributed by atoms with Crippen LogP contribution in [0.4, 0.5) is 0 Å². The molecule has 2 aromatic carbocycles. The van der Waals surface area contributed by atoms with E-state index in [9.17, 15) is 4.79 Å². The first-order chi connectivity index (χ1) is 14.5. The zero-order valence-corrected chi connectivity index (χ0v) is 18.2. The highest BCUT2D eigenvalue weighted by Crippen LogP contribution is 2.49. The SMILES string of the molecule is Cc1c(-c2cccc(Cl)c2)nc2ccccc2c1C(=O)N[C@@H](C)[C@@H]1C[C@@H]2CC[C@@H]1C2. The predicted octanol–water partition coefficient (Wildman–Crippen LogP) is 6.42. The first-order valence-electron chi connectivity index (χ1n) is 11.0. The standard InChI is InChI=1S/C26H27ClN2O/c1-15-24(26(30)28-16(2)22-13-17-10-11-18(22)12-17)21-8-3-4-9-23(21)29-25(15)19-6-5-7-20(27)14-19/h3-9,14,16-18,22H,10-13H2,1-2H3,(H,28,30)/t16-,17+,18+,22-/m0/s1. The molecule has 154 valence electrons. The van der Waals surface area contributed by atoms with Gasteiger partial charge in [-0.3, -0.25) is 4.79 Å². The van der Waals surface area contributed by atoms with Gasteiger partial charge in [-0.05, 0) is 74.6 Å². The van der Waals surface area contributed by atoms with Crippen molar-refractivity contribution in [3.05, 3.63) is 64.7 Å². The minimum absolute atomic E-state index is 0.00431. The number of halogens is 1. The Morgan fingerprint density at radius 2 is 1.97 bits per heavy atom. The van der Waals surface area contributed by atoms with Crippen LogP contribution in [0.1, 0.15) is 48.5 Å². The van der Waals surface area contributed by atoms with Crippen molar-refractivity contribution in [3.63, 3.8) is 0 Å². The van der Waals surface area contributed by atoms with Crippen LogP contribution in [0.3, 0.4) is 0 Å². The number of benzene rings is 2. The van der Waals surface area contributed by atoms with Crippen molar-refractivity contribution in [2.24, 2.45) is 17.8 Å². The number of rotatable bonds is 4. The molecule has 0 saturated heterocycles. The summed E-state index contributed by atoms with van der Waals surface area (Å²) in [4.78, 5) is 18.4. The largest absolute Gasteiger partial charge is 0.349 e. The number of pyridine rings is 1. The summed E-state index contributed by atoms with van der Waals surface area (Å²) >= 11 is 6.23. The van der Waals surface area contributed by atoms with Crippen molar-refractivity contribution < 1.29 is 4.79 Å². The molecule has 2 saturated carbocycles. The van der Waals surface area contributed by atoms with Crippen LogP contribution in [-0.2, 0) is 0 Å². The van der Waals surface area contributed by atoms with Crippen molar-refractivity contribution in [1.29, 1.82) is 0 Å². The molecule has 3 aromatic rings. The molecule has 0 radical (unpaired) electrons. The highest BCUT2D eigenvalue weighted by Gasteiger charge is 2.42. The molecule has 2 aliphatic rings. The van der Waals surface area contributed by atoms with Crippen LogP contribution in [0.15, 0.2) is 48.5 Å². The summed E-state index contributed by atoms with van der Waals surface area (Å²) in [6.07, 6.45) is 5.31. The number of para-hydroxylation sites is 1. The molecular weight excluding hydrogens is 392 g/mol. The van der Waals surface area contributed by atoms with Crippen molar-refractivity contribution in [3.8, 4) is 11.3 Å². The van der Waals surface area contributed by atoms with Gasteiger partial charge in [0, 0.05) is 22.0 Å². The maximum absolute atomic E-state index is 13.5. The van der Waals surface area contributed by atoms with Gasteiger partial charge in [0.15, 0.2) is 0 Å². The van der Waals surface area contributed by atoms with Gasteiger partial charge >= 0.3 is 0 Å². The average molecular weight is 419 g/mol. The molecule has 2 fully saturated rings. The Labute approximate surface area is 182 Å². The summed E-state index contributed by atoms with van der Waals surface area (Å²) in [5.41, 5.74) is 4.20. The lowest BCUT2D eigenvalue weighted by atomic mass is 9.84. The third-order valence-electron chi connectivity index (χ3n) is 7.25. The van der Waals surface area contributed by atoms with Gasteiger partial charge in [0.25, 0.3) is 5.91 Å². The summed E-state index contributed by atoms with van der Waals surface area (Å²) in [5, 5.41) is 4.92. The quantitative estimate of drug-likeness (QED) is 0.531. The molecule has 5 rings (SSSR count). The predicted molar refractivity (Wildman–Crippen MR) is 123 cm³/mol. The fourth-order valence-electron chi connectivity index (χ4n) is 5.81. The van der Waals surface area contributed by atoms with Crippen LogP contribution >= 0.6 is 11.6 Å². The number of carbonyl (C=O) groups is 1. The van der Waals surface area contributed by atoms with Crippen LogP contribution in [0.5, 0.6) is 0 Å². The number of carbonyl (C=O) groups excluding carboxylic acids is 1. The molecule has 1 N–H and O–H groups in total. The Balaban J connectivity index is 1.54. The molecule has 1 aromatic heterocycles. The van der Waals surface area contributed by atoms with E-state index >= 15 is 0 Å². The summed E-state index contributed by atoms with van der Waals surface area (Å²) < 4.78 is 0.